The molecule has 0 bridgehead atoms. The maximum Gasteiger partial charge on any atom is 0.408 e. The summed E-state index contributed by atoms with van der Waals surface area (Å²) in [6.45, 7) is 0.873. The van der Waals surface area contributed by atoms with Crippen LogP contribution in [0.3, 0.4) is 0 Å². The Morgan fingerprint density at radius 1 is 1.50 bits per heavy atom. The van der Waals surface area contributed by atoms with Crippen LogP contribution in [0.25, 0.3) is 0 Å². The molecule has 1 unspecified atom stereocenters. The lowest BCUT2D eigenvalue weighted by atomic mass is 10.3. The van der Waals surface area contributed by atoms with Crippen LogP contribution < -0.4 is 5.56 Å². The highest BCUT2D eigenvalue weighted by Gasteiger charge is 2.37. The highest BCUT2D eigenvalue weighted by atomic mass is 19.4. The molecule has 0 spiro atoms. The molecule has 1 aromatic heterocycles. The van der Waals surface area contributed by atoms with Crippen LogP contribution >= 0.6 is 0 Å². The van der Waals surface area contributed by atoms with E-state index >= 15 is 0 Å². The van der Waals surface area contributed by atoms with Crippen molar-refractivity contribution in [2.45, 2.75) is 19.1 Å². The Bertz CT molecular complexity index is 383. The Kier molecular flexibility index (Phi) is 2.55. The molecular formula is C8H8F3NO2. The fourth-order valence-electron chi connectivity index (χ4n) is 0.957. The predicted molar refractivity (Wildman–Crippen MR) is 43.1 cm³/mol. The number of aromatic hydroxyl groups is 1. The standard InChI is InChI=1S/C8H8F3NO2/c1-5(8(9,10)11)12-3-2-6(13)4-7(12)14/h2-5,13H,1H3. The van der Waals surface area contributed by atoms with Gasteiger partial charge < -0.3 is 9.67 Å². The molecule has 0 aliphatic heterocycles. The Morgan fingerprint density at radius 3 is 2.50 bits per heavy atom. The summed E-state index contributed by atoms with van der Waals surface area (Å²) in [5.41, 5.74) is -0.880. The van der Waals surface area contributed by atoms with Gasteiger partial charge in [-0.3, -0.25) is 4.79 Å². The average Bonchev–Trinajstić information content (AvgIpc) is 2.01. The van der Waals surface area contributed by atoms with Gasteiger partial charge in [0, 0.05) is 12.3 Å². The number of pyridine rings is 1. The molecule has 0 saturated carbocycles. The third-order valence-corrected chi connectivity index (χ3v) is 1.82. The molecule has 0 aliphatic carbocycles. The highest BCUT2D eigenvalue weighted by Crippen LogP contribution is 2.28. The maximum absolute atomic E-state index is 12.2. The molecule has 0 aromatic carbocycles. The van der Waals surface area contributed by atoms with Gasteiger partial charge in [0.1, 0.15) is 11.8 Å². The van der Waals surface area contributed by atoms with Gasteiger partial charge in [-0.1, -0.05) is 0 Å². The average molecular weight is 207 g/mol. The first-order valence-corrected chi connectivity index (χ1v) is 3.80. The summed E-state index contributed by atoms with van der Waals surface area (Å²) in [6, 6.07) is -0.123. The van der Waals surface area contributed by atoms with Gasteiger partial charge in [0.05, 0.1) is 0 Å². The van der Waals surface area contributed by atoms with E-state index in [0.29, 0.717) is 4.57 Å². The molecule has 0 amide bonds. The molecule has 1 heterocycles. The van der Waals surface area contributed by atoms with Crippen molar-refractivity contribution >= 4 is 0 Å². The zero-order valence-corrected chi connectivity index (χ0v) is 7.25. The first-order chi connectivity index (χ1) is 6.32. The number of halogens is 3. The Balaban J connectivity index is 3.15. The SMILES string of the molecule is CC(n1ccc(O)cc1=O)C(F)(F)F. The van der Waals surface area contributed by atoms with Crippen molar-refractivity contribution in [3.63, 3.8) is 0 Å². The molecule has 0 fully saturated rings. The summed E-state index contributed by atoms with van der Waals surface area (Å²) in [4.78, 5) is 11.0. The second-order valence-electron chi connectivity index (χ2n) is 2.85. The number of hydrogen-bond donors (Lipinski definition) is 1. The van der Waals surface area contributed by atoms with E-state index < -0.39 is 17.8 Å². The van der Waals surface area contributed by atoms with Crippen molar-refractivity contribution in [2.75, 3.05) is 0 Å². The molecule has 1 rings (SSSR count). The van der Waals surface area contributed by atoms with E-state index in [-0.39, 0.29) is 5.75 Å². The van der Waals surface area contributed by atoms with E-state index in [0.717, 1.165) is 25.3 Å². The van der Waals surface area contributed by atoms with Crippen molar-refractivity contribution in [2.24, 2.45) is 0 Å². The number of hydrogen-bond acceptors (Lipinski definition) is 2. The molecule has 3 nitrogen and oxygen atoms in total. The third kappa shape index (κ3) is 2.07. The van der Waals surface area contributed by atoms with Crippen molar-refractivity contribution < 1.29 is 18.3 Å². The molecule has 0 radical (unpaired) electrons. The van der Waals surface area contributed by atoms with Crippen LogP contribution in [0.5, 0.6) is 5.75 Å². The van der Waals surface area contributed by atoms with Crippen molar-refractivity contribution in [1.29, 1.82) is 0 Å². The topological polar surface area (TPSA) is 42.2 Å². The van der Waals surface area contributed by atoms with Crippen LogP contribution in [0.4, 0.5) is 13.2 Å². The van der Waals surface area contributed by atoms with E-state index in [9.17, 15) is 18.0 Å². The normalized spacial score (nSPS) is 14.0. The molecule has 0 saturated heterocycles. The summed E-state index contributed by atoms with van der Waals surface area (Å²) >= 11 is 0. The largest absolute Gasteiger partial charge is 0.508 e. The van der Waals surface area contributed by atoms with Crippen LogP contribution in [0.15, 0.2) is 23.1 Å². The summed E-state index contributed by atoms with van der Waals surface area (Å²) in [5.74, 6) is -0.347. The van der Waals surface area contributed by atoms with E-state index in [1.165, 1.54) is 0 Å². The highest BCUT2D eigenvalue weighted by molar-refractivity contribution is 5.16. The molecule has 78 valence electrons. The van der Waals surface area contributed by atoms with E-state index in [1.54, 1.807) is 0 Å². The van der Waals surface area contributed by atoms with Gasteiger partial charge in [0.2, 0.25) is 0 Å². The predicted octanol–water partition coefficient (Wildman–Crippen LogP) is 1.68. The number of aromatic nitrogens is 1. The molecular weight excluding hydrogens is 199 g/mol. The van der Waals surface area contributed by atoms with Gasteiger partial charge in [0.25, 0.3) is 5.56 Å². The minimum Gasteiger partial charge on any atom is -0.508 e. The third-order valence-electron chi connectivity index (χ3n) is 1.82. The van der Waals surface area contributed by atoms with E-state index in [1.807, 2.05) is 0 Å². The van der Waals surface area contributed by atoms with Gasteiger partial charge in [-0.2, -0.15) is 13.2 Å². The minimum atomic E-state index is -4.47. The fourth-order valence-corrected chi connectivity index (χ4v) is 0.957. The molecule has 1 N–H and O–H groups in total. The lowest BCUT2D eigenvalue weighted by Crippen LogP contribution is -2.31. The van der Waals surface area contributed by atoms with Gasteiger partial charge in [-0.25, -0.2) is 0 Å². The monoisotopic (exact) mass is 207 g/mol. The van der Waals surface area contributed by atoms with Crippen molar-refractivity contribution in [3.05, 3.63) is 28.7 Å². The summed E-state index contributed by atoms with van der Waals surface area (Å²) in [5, 5.41) is 8.83. The van der Waals surface area contributed by atoms with Gasteiger partial charge in [-0.05, 0) is 13.0 Å². The van der Waals surface area contributed by atoms with Crippen molar-refractivity contribution in [1.82, 2.24) is 4.57 Å². The van der Waals surface area contributed by atoms with Gasteiger partial charge >= 0.3 is 6.18 Å². The number of nitrogens with zero attached hydrogens (tertiary/aromatic N) is 1. The first-order valence-electron chi connectivity index (χ1n) is 3.80. The lowest BCUT2D eigenvalue weighted by Gasteiger charge is -2.17. The van der Waals surface area contributed by atoms with Crippen LogP contribution in [0.2, 0.25) is 0 Å². The van der Waals surface area contributed by atoms with Crippen LogP contribution in [-0.4, -0.2) is 15.8 Å². The minimum absolute atomic E-state index is 0.347. The quantitative estimate of drug-likeness (QED) is 0.761. The zero-order chi connectivity index (χ0) is 10.9. The second kappa shape index (κ2) is 3.36. The Labute approximate surface area is 77.4 Å². The summed E-state index contributed by atoms with van der Waals surface area (Å²) < 4.78 is 37.1. The Hall–Kier alpha value is -1.46. The molecule has 14 heavy (non-hydrogen) atoms. The van der Waals surface area contributed by atoms with Crippen molar-refractivity contribution in [3.8, 4) is 5.75 Å². The van der Waals surface area contributed by atoms with E-state index in [2.05, 4.69) is 0 Å². The van der Waals surface area contributed by atoms with E-state index in [4.69, 9.17) is 5.11 Å². The maximum atomic E-state index is 12.2. The van der Waals surface area contributed by atoms with Crippen LogP contribution in [0.1, 0.15) is 13.0 Å². The summed E-state index contributed by atoms with van der Waals surface area (Å²) in [6.07, 6.45) is -3.56. The first kappa shape index (κ1) is 10.6. The van der Waals surface area contributed by atoms with Crippen LogP contribution in [-0.2, 0) is 0 Å². The molecule has 1 atom stereocenters. The Morgan fingerprint density at radius 2 is 2.07 bits per heavy atom. The molecule has 6 heteroatoms. The molecule has 0 aliphatic rings. The second-order valence-corrected chi connectivity index (χ2v) is 2.85. The zero-order valence-electron chi connectivity index (χ0n) is 7.25. The fraction of sp³-hybridized carbons (Fsp3) is 0.375. The molecule has 1 aromatic rings. The number of alkyl halides is 3. The van der Waals surface area contributed by atoms with Gasteiger partial charge in [-0.15, -0.1) is 0 Å². The summed E-state index contributed by atoms with van der Waals surface area (Å²) in [7, 11) is 0. The van der Waals surface area contributed by atoms with Gasteiger partial charge in [0.15, 0.2) is 0 Å². The smallest absolute Gasteiger partial charge is 0.408 e. The lowest BCUT2D eigenvalue weighted by molar-refractivity contribution is -0.163. The number of rotatable bonds is 1. The van der Waals surface area contributed by atoms with Crippen LogP contribution in [0, 0.1) is 0 Å².